The zero-order valence-electron chi connectivity index (χ0n) is 24.7. The molecule has 46 heavy (non-hydrogen) atoms. The highest BCUT2D eigenvalue weighted by atomic mass is 16.8. The summed E-state index contributed by atoms with van der Waals surface area (Å²) in [5, 5.41) is 118. The number of aliphatic hydroxyl groups is 10. The standard InChI is InChI=1S/C25H42N2O19/c1-7(31)26-13-9(33)3-25(24(40)41,45-20(13)15(35)10(34)4-28)46-21-16(36)11(5-29)43-23(18(21)38)44-19-12(6-30)42-22(39)14(17(19)37)27-8(2)32/h9-23,28-30,33-39H,3-6H2,1-2H3,(H,26,31)(H,27,32)(H,40,41)/t9-,10+,11+,12+,13+,14+,15+,16-,17+,18+,19+,20+,21-,22?,23-,25+/m0/s1. The summed E-state index contributed by atoms with van der Waals surface area (Å²) in [6.45, 7) is -0.789. The Hall–Kier alpha value is -2.19. The normalized spacial score (nSPS) is 42.9. The lowest BCUT2D eigenvalue weighted by molar-refractivity contribution is -0.382. The smallest absolute Gasteiger partial charge is 0.364 e. The second kappa shape index (κ2) is 15.8. The van der Waals surface area contributed by atoms with Crippen molar-refractivity contribution in [2.24, 2.45) is 0 Å². The van der Waals surface area contributed by atoms with Gasteiger partial charge in [-0.05, 0) is 0 Å². The van der Waals surface area contributed by atoms with E-state index in [9.17, 15) is 70.6 Å². The van der Waals surface area contributed by atoms with E-state index in [0.29, 0.717) is 0 Å². The molecule has 1 unspecified atom stereocenters. The molecule has 13 N–H and O–H groups in total. The predicted molar refractivity (Wildman–Crippen MR) is 142 cm³/mol. The molecule has 0 bridgehead atoms. The number of aliphatic carboxylic acids is 1. The van der Waals surface area contributed by atoms with Gasteiger partial charge in [0.1, 0.15) is 67.1 Å². The number of amides is 2. The largest absolute Gasteiger partial charge is 0.477 e. The third-order valence-corrected chi connectivity index (χ3v) is 7.87. The van der Waals surface area contributed by atoms with E-state index in [1.165, 1.54) is 0 Å². The maximum atomic E-state index is 12.6. The molecular weight excluding hydrogens is 632 g/mol. The molecule has 0 aromatic rings. The summed E-state index contributed by atoms with van der Waals surface area (Å²) < 4.78 is 27.4. The number of hydrogen-bond donors (Lipinski definition) is 13. The topological polar surface area (TPSA) is 344 Å². The zero-order chi connectivity index (χ0) is 34.7. The summed E-state index contributed by atoms with van der Waals surface area (Å²) in [5.41, 5.74) is 0. The minimum atomic E-state index is -3.04. The van der Waals surface area contributed by atoms with Gasteiger partial charge in [0.15, 0.2) is 12.6 Å². The molecule has 21 nitrogen and oxygen atoms in total. The van der Waals surface area contributed by atoms with Crippen molar-refractivity contribution in [2.75, 3.05) is 19.8 Å². The van der Waals surface area contributed by atoms with Gasteiger partial charge in [0.2, 0.25) is 11.8 Å². The number of nitrogens with one attached hydrogen (secondary N) is 2. The summed E-state index contributed by atoms with van der Waals surface area (Å²) in [4.78, 5) is 36.0. The fourth-order valence-corrected chi connectivity index (χ4v) is 5.57. The molecule has 3 fully saturated rings. The van der Waals surface area contributed by atoms with Gasteiger partial charge in [-0.2, -0.15) is 0 Å². The van der Waals surface area contributed by atoms with Crippen LogP contribution < -0.4 is 10.6 Å². The number of carboxylic acid groups (broad SMARTS) is 1. The van der Waals surface area contributed by atoms with Gasteiger partial charge in [0, 0.05) is 20.3 Å². The zero-order valence-corrected chi connectivity index (χ0v) is 24.7. The molecule has 0 aromatic heterocycles. The van der Waals surface area contributed by atoms with E-state index in [4.69, 9.17) is 23.7 Å². The summed E-state index contributed by atoms with van der Waals surface area (Å²) in [7, 11) is 0. The molecule has 0 saturated carbocycles. The lowest BCUT2D eigenvalue weighted by atomic mass is 9.88. The van der Waals surface area contributed by atoms with E-state index in [-0.39, 0.29) is 0 Å². The second-order valence-electron chi connectivity index (χ2n) is 11.2. The molecule has 0 aromatic carbocycles. The van der Waals surface area contributed by atoms with Gasteiger partial charge < -0.3 is 90.5 Å². The van der Waals surface area contributed by atoms with Crippen LogP contribution in [0.4, 0.5) is 0 Å². The molecule has 21 heteroatoms. The Morgan fingerprint density at radius 1 is 0.848 bits per heavy atom. The SMILES string of the molecule is CC(=O)N[C@H]1[C@H]([C@H](O)[C@H](O)CO)O[C@](O[C@H]2[C@@H](O)[C@@H](CO)O[C@@H](O[C@H]3[C@H](O)[C@@H](NC(C)=O)C(O)O[C@@H]3CO)[C@@H]2O)(C(=O)O)C[C@@H]1O. The maximum Gasteiger partial charge on any atom is 0.364 e. The molecular formula is C25H42N2O19. The molecule has 3 saturated heterocycles. The van der Waals surface area contributed by atoms with Crippen molar-refractivity contribution in [3.63, 3.8) is 0 Å². The number of carbonyl (C=O) groups excluding carboxylic acids is 2. The van der Waals surface area contributed by atoms with Gasteiger partial charge in [0.25, 0.3) is 5.79 Å². The summed E-state index contributed by atoms with van der Waals surface area (Å²) in [5.74, 6) is -6.46. The number of rotatable bonds is 12. The first-order valence-corrected chi connectivity index (χ1v) is 14.2. The molecule has 3 heterocycles. The maximum absolute atomic E-state index is 12.6. The van der Waals surface area contributed by atoms with E-state index in [0.717, 1.165) is 13.8 Å². The van der Waals surface area contributed by atoms with Gasteiger partial charge in [-0.3, -0.25) is 9.59 Å². The highest BCUT2D eigenvalue weighted by molar-refractivity contribution is 5.76. The molecule has 0 spiro atoms. The number of carbonyl (C=O) groups is 3. The van der Waals surface area contributed by atoms with Gasteiger partial charge in [0.05, 0.1) is 32.0 Å². The van der Waals surface area contributed by atoms with Crippen molar-refractivity contribution in [2.45, 2.75) is 118 Å². The van der Waals surface area contributed by atoms with Gasteiger partial charge in [-0.25, -0.2) is 4.79 Å². The monoisotopic (exact) mass is 674 g/mol. The van der Waals surface area contributed by atoms with E-state index >= 15 is 0 Å². The first-order chi connectivity index (χ1) is 21.5. The van der Waals surface area contributed by atoms with Crippen LogP contribution in [0.5, 0.6) is 0 Å². The first-order valence-electron chi connectivity index (χ1n) is 14.2. The predicted octanol–water partition coefficient (Wildman–Crippen LogP) is -8.08. The summed E-state index contributed by atoms with van der Waals surface area (Å²) in [6.07, 6.45) is -25.7. The fraction of sp³-hybridized carbons (Fsp3) is 0.880. The van der Waals surface area contributed by atoms with E-state index in [1.54, 1.807) is 0 Å². The van der Waals surface area contributed by atoms with Crippen LogP contribution >= 0.6 is 0 Å². The fourth-order valence-electron chi connectivity index (χ4n) is 5.57. The Kier molecular flexibility index (Phi) is 13.1. The summed E-state index contributed by atoms with van der Waals surface area (Å²) in [6, 6.07) is -3.05. The number of ether oxygens (including phenoxy) is 5. The van der Waals surface area contributed by atoms with E-state index < -0.39 is 142 Å². The molecule has 16 atom stereocenters. The van der Waals surface area contributed by atoms with Crippen LogP contribution in [0, 0.1) is 0 Å². The molecule has 0 aliphatic carbocycles. The Morgan fingerprint density at radius 2 is 1.43 bits per heavy atom. The van der Waals surface area contributed by atoms with Crippen molar-refractivity contribution < 1.29 is 94.2 Å². The molecule has 266 valence electrons. The van der Waals surface area contributed by atoms with E-state index in [2.05, 4.69) is 10.6 Å². The van der Waals surface area contributed by atoms with Gasteiger partial charge >= 0.3 is 5.97 Å². The van der Waals surface area contributed by atoms with Crippen LogP contribution in [0.1, 0.15) is 20.3 Å². The van der Waals surface area contributed by atoms with Crippen LogP contribution in [-0.2, 0) is 38.1 Å². The van der Waals surface area contributed by atoms with Crippen LogP contribution in [0.25, 0.3) is 0 Å². The highest BCUT2D eigenvalue weighted by Crippen LogP contribution is 2.38. The third kappa shape index (κ3) is 8.08. The van der Waals surface area contributed by atoms with Crippen molar-refractivity contribution >= 4 is 17.8 Å². The van der Waals surface area contributed by atoms with Crippen molar-refractivity contribution in [3.8, 4) is 0 Å². The minimum absolute atomic E-state index is 0.692. The molecule has 0 radical (unpaired) electrons. The Bertz CT molecular complexity index is 1050. The van der Waals surface area contributed by atoms with Gasteiger partial charge in [-0.1, -0.05) is 0 Å². The third-order valence-electron chi connectivity index (χ3n) is 7.87. The Balaban J connectivity index is 1.95. The van der Waals surface area contributed by atoms with Crippen molar-refractivity contribution in [3.05, 3.63) is 0 Å². The van der Waals surface area contributed by atoms with E-state index in [1.807, 2.05) is 0 Å². The van der Waals surface area contributed by atoms with Crippen LogP contribution in [-0.4, -0.2) is 191 Å². The van der Waals surface area contributed by atoms with Gasteiger partial charge in [-0.15, -0.1) is 0 Å². The Morgan fingerprint density at radius 3 is 1.96 bits per heavy atom. The highest BCUT2D eigenvalue weighted by Gasteiger charge is 2.60. The Labute approximate surface area is 260 Å². The lowest BCUT2D eigenvalue weighted by Gasteiger charge is -2.50. The van der Waals surface area contributed by atoms with Crippen LogP contribution in [0.3, 0.4) is 0 Å². The molecule has 3 aliphatic rings. The lowest BCUT2D eigenvalue weighted by Crippen LogP contribution is -2.71. The average molecular weight is 675 g/mol. The van der Waals surface area contributed by atoms with Crippen molar-refractivity contribution in [1.82, 2.24) is 10.6 Å². The van der Waals surface area contributed by atoms with Crippen LogP contribution in [0.2, 0.25) is 0 Å². The van der Waals surface area contributed by atoms with Crippen LogP contribution in [0.15, 0.2) is 0 Å². The van der Waals surface area contributed by atoms with Crippen molar-refractivity contribution in [1.29, 1.82) is 0 Å². The summed E-state index contributed by atoms with van der Waals surface area (Å²) >= 11 is 0. The average Bonchev–Trinajstić information content (AvgIpc) is 2.99. The molecule has 2 amide bonds. The minimum Gasteiger partial charge on any atom is -0.477 e. The number of aliphatic hydroxyl groups excluding tert-OH is 10. The number of carboxylic acids is 1. The molecule has 3 aliphatic heterocycles. The number of hydrogen-bond acceptors (Lipinski definition) is 18. The first kappa shape index (κ1) is 38.3. The quantitative estimate of drug-likeness (QED) is 0.0913. The second-order valence-corrected chi connectivity index (χ2v) is 11.2. The molecule has 3 rings (SSSR count).